The van der Waals surface area contributed by atoms with Crippen molar-refractivity contribution < 1.29 is 10.0 Å². The fourth-order valence-corrected chi connectivity index (χ4v) is 6.31. The van der Waals surface area contributed by atoms with Crippen LogP contribution >= 0.6 is 15.9 Å². The first kappa shape index (κ1) is 17.0. The molecule has 0 spiro atoms. The van der Waals surface area contributed by atoms with Crippen LogP contribution in [-0.4, -0.2) is 22.3 Å². The van der Waals surface area contributed by atoms with Gasteiger partial charge in [0.05, 0.1) is 15.4 Å². The van der Waals surface area contributed by atoms with Crippen molar-refractivity contribution in [2.75, 3.05) is 0 Å². The molecule has 4 fully saturated rings. The van der Waals surface area contributed by atoms with Gasteiger partial charge in [0.2, 0.25) is 0 Å². The van der Waals surface area contributed by atoms with Gasteiger partial charge in [0.25, 0.3) is 5.69 Å². The Hall–Kier alpha value is -1.43. The summed E-state index contributed by atoms with van der Waals surface area (Å²) in [7, 11) is 0. The van der Waals surface area contributed by atoms with Gasteiger partial charge in [-0.1, -0.05) is 0 Å². The van der Waals surface area contributed by atoms with Crippen molar-refractivity contribution in [2.24, 2.45) is 28.2 Å². The minimum atomic E-state index is -0.454. The molecule has 4 aliphatic rings. The van der Waals surface area contributed by atoms with Crippen molar-refractivity contribution in [1.82, 2.24) is 0 Å². The number of phenols is 1. The topological polar surface area (TPSA) is 75.7 Å². The van der Waals surface area contributed by atoms with Crippen molar-refractivity contribution in [3.05, 3.63) is 32.3 Å². The highest BCUT2D eigenvalue weighted by Crippen LogP contribution is 2.61. The zero-order chi connectivity index (χ0) is 17.8. The molecule has 4 bridgehead atoms. The maximum Gasteiger partial charge on any atom is 0.271 e. The van der Waals surface area contributed by atoms with Crippen LogP contribution in [0.5, 0.6) is 5.75 Å². The Balaban J connectivity index is 1.59. The predicted octanol–water partition coefficient (Wildman–Crippen LogP) is 5.09. The van der Waals surface area contributed by atoms with E-state index in [1.165, 1.54) is 50.7 Å². The maximum absolute atomic E-state index is 11.0. The lowest BCUT2D eigenvalue weighted by Gasteiger charge is -2.58. The zero-order valence-electron chi connectivity index (χ0n) is 14.3. The van der Waals surface area contributed by atoms with E-state index in [1.54, 1.807) is 6.21 Å². The Morgan fingerprint density at radius 3 is 2.36 bits per heavy atom. The molecule has 6 heteroatoms. The molecule has 0 aromatic heterocycles. The number of hydrogen-bond acceptors (Lipinski definition) is 4. The number of halogens is 1. The summed E-state index contributed by atoms with van der Waals surface area (Å²) < 4.78 is 0.325. The Labute approximate surface area is 155 Å². The van der Waals surface area contributed by atoms with E-state index in [0.29, 0.717) is 15.5 Å². The normalized spacial score (nSPS) is 34.6. The second kappa shape index (κ2) is 6.08. The molecule has 0 heterocycles. The lowest BCUT2D eigenvalue weighted by atomic mass is 9.48. The highest BCUT2D eigenvalue weighted by molar-refractivity contribution is 9.10. The smallest absolute Gasteiger partial charge is 0.271 e. The van der Waals surface area contributed by atoms with E-state index >= 15 is 0 Å². The number of non-ortho nitro benzene ring substituents is 1. The molecule has 0 saturated heterocycles. The van der Waals surface area contributed by atoms with E-state index in [2.05, 4.69) is 22.9 Å². The summed E-state index contributed by atoms with van der Waals surface area (Å²) in [5.41, 5.74) is 0.643. The molecule has 1 aromatic rings. The predicted molar refractivity (Wildman–Crippen MR) is 100 cm³/mol. The van der Waals surface area contributed by atoms with Gasteiger partial charge in [0.15, 0.2) is 0 Å². The van der Waals surface area contributed by atoms with Gasteiger partial charge >= 0.3 is 0 Å². The lowest BCUT2D eigenvalue weighted by molar-refractivity contribution is -0.385. The quantitative estimate of drug-likeness (QED) is 0.429. The number of aliphatic imine (C=N–C) groups is 1. The van der Waals surface area contributed by atoms with Gasteiger partial charge in [-0.2, -0.15) is 0 Å². The average molecular weight is 407 g/mol. The van der Waals surface area contributed by atoms with Crippen LogP contribution in [0.1, 0.15) is 51.0 Å². The van der Waals surface area contributed by atoms with Gasteiger partial charge in [-0.25, -0.2) is 0 Å². The van der Waals surface area contributed by atoms with Crippen LogP contribution in [0.2, 0.25) is 0 Å². The first-order chi connectivity index (χ1) is 11.9. The highest BCUT2D eigenvalue weighted by Gasteiger charge is 2.53. The molecule has 5 rings (SSSR count). The van der Waals surface area contributed by atoms with Gasteiger partial charge in [-0.05, 0) is 84.5 Å². The van der Waals surface area contributed by atoms with Gasteiger partial charge < -0.3 is 5.11 Å². The number of nitro groups is 1. The molecule has 4 saturated carbocycles. The molecular weight excluding hydrogens is 384 g/mol. The molecule has 1 unspecified atom stereocenters. The molecular formula is C19H23BrN2O3. The number of aromatic hydroxyl groups is 1. The van der Waals surface area contributed by atoms with Crippen molar-refractivity contribution in [3.8, 4) is 5.75 Å². The van der Waals surface area contributed by atoms with Gasteiger partial charge in [0.1, 0.15) is 5.75 Å². The Morgan fingerprint density at radius 1 is 1.28 bits per heavy atom. The second-order valence-corrected chi connectivity index (χ2v) is 9.21. The summed E-state index contributed by atoms with van der Waals surface area (Å²) in [4.78, 5) is 15.3. The lowest BCUT2D eigenvalue weighted by Crippen LogP contribution is -2.50. The van der Waals surface area contributed by atoms with E-state index in [9.17, 15) is 15.2 Å². The van der Waals surface area contributed by atoms with Crippen molar-refractivity contribution in [1.29, 1.82) is 0 Å². The molecule has 5 nitrogen and oxygen atoms in total. The second-order valence-electron chi connectivity index (χ2n) is 8.36. The highest BCUT2D eigenvalue weighted by atomic mass is 79.9. The fourth-order valence-electron chi connectivity index (χ4n) is 5.85. The molecule has 25 heavy (non-hydrogen) atoms. The van der Waals surface area contributed by atoms with Crippen LogP contribution in [0.25, 0.3) is 0 Å². The van der Waals surface area contributed by atoms with E-state index in [-0.39, 0.29) is 17.5 Å². The fraction of sp³-hybridized carbons (Fsp3) is 0.632. The standard InChI is InChI=1S/C19H23BrN2O3/c1-11(19-7-12-2-13(8-19)4-14(3-12)9-19)21-10-15-5-16(22(24)25)6-17(20)18(15)23/h5-6,10-14,23H,2-4,7-9H2,1H3. The van der Waals surface area contributed by atoms with Crippen molar-refractivity contribution in [2.45, 2.75) is 51.5 Å². The SMILES string of the molecule is CC(N=Cc1cc([N+](=O)[O-])cc(Br)c1O)C12CC3CC(CC(C3)C1)C2. The minimum Gasteiger partial charge on any atom is -0.506 e. The third kappa shape index (κ3) is 2.98. The van der Waals surface area contributed by atoms with Crippen molar-refractivity contribution >= 4 is 27.8 Å². The van der Waals surface area contributed by atoms with Gasteiger partial charge in [-0.3, -0.25) is 15.1 Å². The van der Waals surface area contributed by atoms with Crippen LogP contribution in [0, 0.1) is 33.3 Å². The monoisotopic (exact) mass is 406 g/mol. The van der Waals surface area contributed by atoms with E-state index < -0.39 is 4.92 Å². The van der Waals surface area contributed by atoms with Crippen LogP contribution < -0.4 is 0 Å². The zero-order valence-corrected chi connectivity index (χ0v) is 15.9. The summed E-state index contributed by atoms with van der Waals surface area (Å²) in [6.07, 6.45) is 9.61. The number of nitrogens with zero attached hydrogens (tertiary/aromatic N) is 2. The number of nitro benzene ring substituents is 1. The first-order valence-corrected chi connectivity index (χ1v) is 9.86. The van der Waals surface area contributed by atoms with Gasteiger partial charge in [0, 0.05) is 23.9 Å². The van der Waals surface area contributed by atoms with Crippen LogP contribution in [-0.2, 0) is 0 Å². The summed E-state index contributed by atoms with van der Waals surface area (Å²) in [6, 6.07) is 2.88. The van der Waals surface area contributed by atoms with Gasteiger partial charge in [-0.15, -0.1) is 0 Å². The summed E-state index contributed by atoms with van der Waals surface area (Å²) in [6.45, 7) is 2.17. The first-order valence-electron chi connectivity index (χ1n) is 9.06. The minimum absolute atomic E-state index is 0.00654. The van der Waals surface area contributed by atoms with E-state index in [0.717, 1.165) is 17.8 Å². The summed E-state index contributed by atoms with van der Waals surface area (Å²) in [5.74, 6) is 2.60. The van der Waals surface area contributed by atoms with Crippen LogP contribution in [0.15, 0.2) is 21.6 Å². The average Bonchev–Trinajstić information content (AvgIpc) is 2.54. The molecule has 0 amide bonds. The van der Waals surface area contributed by atoms with Crippen LogP contribution in [0.4, 0.5) is 5.69 Å². The third-order valence-corrected chi connectivity index (χ3v) is 7.30. The molecule has 4 aliphatic carbocycles. The maximum atomic E-state index is 11.0. The Bertz CT molecular complexity index is 711. The number of benzene rings is 1. The number of rotatable bonds is 4. The Kier molecular flexibility index (Phi) is 4.13. The molecule has 0 radical (unpaired) electrons. The largest absolute Gasteiger partial charge is 0.506 e. The molecule has 1 aromatic carbocycles. The van der Waals surface area contributed by atoms with E-state index in [1.807, 2.05) is 0 Å². The van der Waals surface area contributed by atoms with Crippen molar-refractivity contribution in [3.63, 3.8) is 0 Å². The molecule has 0 aliphatic heterocycles. The number of hydrogen-bond donors (Lipinski definition) is 1. The molecule has 1 N–H and O–H groups in total. The number of phenolic OH excluding ortho intramolecular Hbond substituents is 1. The Morgan fingerprint density at radius 2 is 1.84 bits per heavy atom. The molecule has 134 valence electrons. The third-order valence-electron chi connectivity index (χ3n) is 6.70. The van der Waals surface area contributed by atoms with E-state index in [4.69, 9.17) is 4.99 Å². The summed E-state index contributed by atoms with van der Waals surface area (Å²) >= 11 is 3.19. The summed E-state index contributed by atoms with van der Waals surface area (Å²) in [5, 5.41) is 21.2. The molecule has 1 atom stereocenters. The van der Waals surface area contributed by atoms with Crippen LogP contribution in [0.3, 0.4) is 0 Å².